The zero-order valence-corrected chi connectivity index (χ0v) is 16.6. The molecule has 1 aliphatic heterocycles. The fourth-order valence-electron chi connectivity index (χ4n) is 3.47. The van der Waals surface area contributed by atoms with Crippen molar-refractivity contribution in [1.29, 1.82) is 0 Å². The molecule has 0 saturated carbocycles. The minimum atomic E-state index is -4.49. The van der Waals surface area contributed by atoms with Gasteiger partial charge in [-0.3, -0.25) is 0 Å². The summed E-state index contributed by atoms with van der Waals surface area (Å²) in [5.74, 6) is 1.45. The van der Waals surface area contributed by atoms with Crippen LogP contribution in [0.15, 0.2) is 18.2 Å². The van der Waals surface area contributed by atoms with Gasteiger partial charge in [-0.1, -0.05) is 25.4 Å². The molecule has 2 atom stereocenters. The van der Waals surface area contributed by atoms with Gasteiger partial charge >= 0.3 is 6.18 Å². The van der Waals surface area contributed by atoms with Crippen LogP contribution in [0.2, 0.25) is 5.02 Å². The maximum absolute atomic E-state index is 12.9. The second kappa shape index (κ2) is 9.24. The SMILES string of the molecule is CC1CC(C)CN(CCCNC(=S)Nc2ccc(Cl)c(C(F)(F)F)c2)C1. The highest BCUT2D eigenvalue weighted by atomic mass is 35.5. The van der Waals surface area contributed by atoms with Crippen molar-refractivity contribution in [3.8, 4) is 0 Å². The Morgan fingerprint density at radius 3 is 2.54 bits per heavy atom. The number of alkyl halides is 3. The lowest BCUT2D eigenvalue weighted by molar-refractivity contribution is -0.137. The zero-order chi connectivity index (χ0) is 19.3. The highest BCUT2D eigenvalue weighted by Crippen LogP contribution is 2.36. The van der Waals surface area contributed by atoms with Crippen molar-refractivity contribution in [2.24, 2.45) is 11.8 Å². The predicted molar refractivity (Wildman–Crippen MR) is 105 cm³/mol. The van der Waals surface area contributed by atoms with Crippen LogP contribution < -0.4 is 10.6 Å². The highest BCUT2D eigenvalue weighted by Gasteiger charge is 2.33. The Kier molecular flexibility index (Phi) is 7.55. The molecular formula is C18H25ClF3N3S. The van der Waals surface area contributed by atoms with Crippen LogP contribution in [0.1, 0.15) is 32.3 Å². The van der Waals surface area contributed by atoms with Crippen molar-refractivity contribution < 1.29 is 13.2 Å². The van der Waals surface area contributed by atoms with Gasteiger partial charge in [0.1, 0.15) is 0 Å². The van der Waals surface area contributed by atoms with E-state index in [-0.39, 0.29) is 10.7 Å². The van der Waals surface area contributed by atoms with E-state index in [9.17, 15) is 13.2 Å². The third-order valence-electron chi connectivity index (χ3n) is 4.41. The zero-order valence-electron chi connectivity index (χ0n) is 15.0. The molecule has 1 aromatic rings. The summed E-state index contributed by atoms with van der Waals surface area (Å²) in [6, 6.07) is 3.66. The van der Waals surface area contributed by atoms with E-state index in [0.29, 0.717) is 11.7 Å². The van der Waals surface area contributed by atoms with Crippen molar-refractivity contribution in [1.82, 2.24) is 10.2 Å². The number of benzene rings is 1. The molecule has 1 heterocycles. The van der Waals surface area contributed by atoms with Crippen LogP contribution in [0.4, 0.5) is 18.9 Å². The smallest absolute Gasteiger partial charge is 0.362 e. The number of halogens is 4. The number of hydrogen-bond acceptors (Lipinski definition) is 2. The summed E-state index contributed by atoms with van der Waals surface area (Å²) >= 11 is 10.8. The van der Waals surface area contributed by atoms with E-state index in [1.54, 1.807) is 0 Å². The molecule has 1 aliphatic rings. The molecular weight excluding hydrogens is 383 g/mol. The Hall–Kier alpha value is -1.05. The van der Waals surface area contributed by atoms with Gasteiger partial charge in [-0.2, -0.15) is 13.2 Å². The Balaban J connectivity index is 1.75. The molecule has 1 fully saturated rings. The van der Waals surface area contributed by atoms with E-state index in [0.717, 1.165) is 44.0 Å². The number of nitrogens with zero attached hydrogens (tertiary/aromatic N) is 1. The van der Waals surface area contributed by atoms with Gasteiger partial charge in [0.05, 0.1) is 10.6 Å². The predicted octanol–water partition coefficient (Wildman–Crippen LogP) is 5.01. The molecule has 0 aliphatic carbocycles. The van der Waals surface area contributed by atoms with E-state index in [4.69, 9.17) is 23.8 Å². The average molecular weight is 408 g/mol. The van der Waals surface area contributed by atoms with Crippen molar-refractivity contribution in [3.05, 3.63) is 28.8 Å². The normalized spacial score (nSPS) is 21.5. The maximum Gasteiger partial charge on any atom is 0.417 e. The standard InChI is InChI=1S/C18H25ClF3N3S/c1-12-8-13(2)11-25(10-12)7-3-6-23-17(26)24-14-4-5-16(19)15(9-14)18(20,21)22/h4-5,9,12-13H,3,6-8,10-11H2,1-2H3,(H2,23,24,26). The van der Waals surface area contributed by atoms with Crippen molar-refractivity contribution in [2.45, 2.75) is 32.9 Å². The molecule has 0 amide bonds. The summed E-state index contributed by atoms with van der Waals surface area (Å²) in [6.45, 7) is 8.47. The molecule has 0 spiro atoms. The molecule has 2 N–H and O–H groups in total. The molecule has 1 aromatic carbocycles. The maximum atomic E-state index is 12.9. The van der Waals surface area contributed by atoms with E-state index in [1.165, 1.54) is 18.6 Å². The van der Waals surface area contributed by atoms with Crippen LogP contribution in [0.3, 0.4) is 0 Å². The lowest BCUT2D eigenvalue weighted by Crippen LogP contribution is -2.40. The van der Waals surface area contributed by atoms with E-state index in [2.05, 4.69) is 29.4 Å². The summed E-state index contributed by atoms with van der Waals surface area (Å²) < 4.78 is 38.6. The Bertz CT molecular complexity index is 614. The minimum Gasteiger partial charge on any atom is -0.362 e. The monoisotopic (exact) mass is 407 g/mol. The van der Waals surface area contributed by atoms with Gasteiger partial charge in [-0.25, -0.2) is 0 Å². The summed E-state index contributed by atoms with van der Waals surface area (Å²) in [6.07, 6.45) is -2.29. The van der Waals surface area contributed by atoms with Gasteiger partial charge in [0.2, 0.25) is 0 Å². The number of thiocarbonyl (C=S) groups is 1. The lowest BCUT2D eigenvalue weighted by Gasteiger charge is -2.35. The molecule has 0 bridgehead atoms. The number of rotatable bonds is 5. The fraction of sp³-hybridized carbons (Fsp3) is 0.611. The fourth-order valence-corrected chi connectivity index (χ4v) is 3.92. The average Bonchev–Trinajstić information content (AvgIpc) is 2.51. The molecule has 0 radical (unpaired) electrons. The largest absolute Gasteiger partial charge is 0.417 e. The summed E-state index contributed by atoms with van der Waals surface area (Å²) in [5.41, 5.74) is -0.613. The van der Waals surface area contributed by atoms with Crippen LogP contribution in [0.5, 0.6) is 0 Å². The van der Waals surface area contributed by atoms with Crippen LogP contribution in [0.25, 0.3) is 0 Å². The quantitative estimate of drug-likeness (QED) is 0.529. The third kappa shape index (κ3) is 6.59. The molecule has 146 valence electrons. The Morgan fingerprint density at radius 2 is 1.92 bits per heavy atom. The number of anilines is 1. The van der Waals surface area contributed by atoms with Gasteiger partial charge in [0.15, 0.2) is 5.11 Å². The van der Waals surface area contributed by atoms with Crippen molar-refractivity contribution in [3.63, 3.8) is 0 Å². The van der Waals surface area contributed by atoms with Gasteiger partial charge in [-0.05, 0) is 61.6 Å². The third-order valence-corrected chi connectivity index (χ3v) is 4.99. The first kappa shape index (κ1) is 21.3. The number of hydrogen-bond donors (Lipinski definition) is 2. The van der Waals surface area contributed by atoms with Crippen molar-refractivity contribution >= 4 is 34.6 Å². The van der Waals surface area contributed by atoms with Crippen LogP contribution in [0, 0.1) is 11.8 Å². The van der Waals surface area contributed by atoms with E-state index >= 15 is 0 Å². The van der Waals surface area contributed by atoms with Crippen molar-refractivity contribution in [2.75, 3.05) is 31.5 Å². The Labute approximate surface area is 163 Å². The molecule has 2 unspecified atom stereocenters. The molecule has 0 aromatic heterocycles. The summed E-state index contributed by atoms with van der Waals surface area (Å²) in [4.78, 5) is 2.46. The first-order chi connectivity index (χ1) is 12.1. The van der Waals surface area contributed by atoms with Crippen LogP contribution in [-0.4, -0.2) is 36.2 Å². The second-order valence-electron chi connectivity index (χ2n) is 7.13. The van der Waals surface area contributed by atoms with Gasteiger partial charge in [-0.15, -0.1) is 0 Å². The first-order valence-corrected chi connectivity index (χ1v) is 9.57. The first-order valence-electron chi connectivity index (χ1n) is 8.79. The molecule has 2 rings (SSSR count). The van der Waals surface area contributed by atoms with E-state index < -0.39 is 11.7 Å². The van der Waals surface area contributed by atoms with E-state index in [1.807, 2.05) is 0 Å². The molecule has 3 nitrogen and oxygen atoms in total. The molecule has 8 heteroatoms. The molecule has 26 heavy (non-hydrogen) atoms. The number of nitrogens with one attached hydrogen (secondary N) is 2. The number of likely N-dealkylation sites (tertiary alicyclic amines) is 1. The Morgan fingerprint density at radius 1 is 1.27 bits per heavy atom. The number of piperidine rings is 1. The van der Waals surface area contributed by atoms with Crippen LogP contribution >= 0.6 is 23.8 Å². The van der Waals surface area contributed by atoms with Gasteiger partial charge in [0, 0.05) is 25.3 Å². The molecule has 1 saturated heterocycles. The van der Waals surface area contributed by atoms with Gasteiger partial charge < -0.3 is 15.5 Å². The summed E-state index contributed by atoms with van der Waals surface area (Å²) in [7, 11) is 0. The summed E-state index contributed by atoms with van der Waals surface area (Å²) in [5, 5.41) is 5.81. The lowest BCUT2D eigenvalue weighted by atomic mass is 9.92. The highest BCUT2D eigenvalue weighted by molar-refractivity contribution is 7.80. The van der Waals surface area contributed by atoms with Gasteiger partial charge in [0.25, 0.3) is 0 Å². The van der Waals surface area contributed by atoms with Crippen LogP contribution in [-0.2, 0) is 6.18 Å². The second-order valence-corrected chi connectivity index (χ2v) is 7.95. The topological polar surface area (TPSA) is 27.3 Å². The minimum absolute atomic E-state index is 0.262.